The summed E-state index contributed by atoms with van der Waals surface area (Å²) in [5.74, 6) is 0. The largest absolute Gasteiger partial charge is 0.341 e. The maximum absolute atomic E-state index is 11.3. The first-order chi connectivity index (χ1) is 10.9. The van der Waals surface area contributed by atoms with Gasteiger partial charge in [0.1, 0.15) is 0 Å². The minimum Gasteiger partial charge on any atom is -0.341 e. The second kappa shape index (κ2) is 7.54. The molecule has 0 unspecified atom stereocenters. The molecule has 0 aromatic heterocycles. The lowest BCUT2D eigenvalue weighted by Gasteiger charge is -2.10. The fraction of sp³-hybridized carbons (Fsp3) is 0.0714. The molecule has 0 aliphatic carbocycles. The number of carbonyl (C=O) groups excluding carboxylic acids is 1. The summed E-state index contributed by atoms with van der Waals surface area (Å²) in [6.45, 7) is 0. The first-order valence-electron chi connectivity index (χ1n) is 6.31. The summed E-state index contributed by atoms with van der Waals surface area (Å²) < 4.78 is 0. The number of urea groups is 1. The van der Waals surface area contributed by atoms with E-state index in [-0.39, 0.29) is 11.7 Å². The number of carbonyl (C=O) groups is 1. The van der Waals surface area contributed by atoms with Gasteiger partial charge in [0.25, 0.3) is 5.69 Å². The first kappa shape index (κ1) is 17.4. The molecule has 0 bridgehead atoms. The van der Waals surface area contributed by atoms with Crippen LogP contribution in [0.25, 0.3) is 0 Å². The lowest BCUT2D eigenvalue weighted by Crippen LogP contribution is -2.24. The fourth-order valence-electron chi connectivity index (χ4n) is 1.68. The molecule has 0 heterocycles. The summed E-state index contributed by atoms with van der Waals surface area (Å²) in [4.78, 5) is 22.8. The van der Waals surface area contributed by atoms with Crippen molar-refractivity contribution in [3.63, 3.8) is 0 Å². The molecule has 2 rings (SSSR count). The average molecular weight is 372 g/mol. The highest BCUT2D eigenvalue weighted by molar-refractivity contribution is 7.99. The monoisotopic (exact) mass is 371 g/mol. The third-order valence-electron chi connectivity index (χ3n) is 2.75. The van der Waals surface area contributed by atoms with Gasteiger partial charge in [-0.15, -0.1) is 0 Å². The molecule has 6 nitrogen and oxygen atoms in total. The Balaban J connectivity index is 2.23. The van der Waals surface area contributed by atoms with Gasteiger partial charge in [0.15, 0.2) is 0 Å². The Morgan fingerprint density at radius 3 is 2.22 bits per heavy atom. The fourth-order valence-corrected chi connectivity index (χ4v) is 3.22. The quantitative estimate of drug-likeness (QED) is 0.596. The van der Waals surface area contributed by atoms with Crippen molar-refractivity contribution in [3.05, 3.63) is 56.6 Å². The van der Waals surface area contributed by atoms with Crippen molar-refractivity contribution in [1.29, 1.82) is 0 Å². The van der Waals surface area contributed by atoms with Gasteiger partial charge < -0.3 is 10.6 Å². The van der Waals surface area contributed by atoms with Crippen LogP contribution in [0.1, 0.15) is 0 Å². The van der Waals surface area contributed by atoms with E-state index in [9.17, 15) is 14.9 Å². The third kappa shape index (κ3) is 4.51. The van der Waals surface area contributed by atoms with E-state index >= 15 is 0 Å². The predicted molar refractivity (Wildman–Crippen MR) is 91.8 cm³/mol. The minimum absolute atomic E-state index is 0.0108. The van der Waals surface area contributed by atoms with Crippen LogP contribution in [0.15, 0.2) is 46.2 Å². The number of nitrogens with zero attached hydrogens (tertiary/aromatic N) is 1. The van der Waals surface area contributed by atoms with Crippen molar-refractivity contribution in [2.75, 3.05) is 12.4 Å². The van der Waals surface area contributed by atoms with Gasteiger partial charge in [-0.1, -0.05) is 35.0 Å². The summed E-state index contributed by atoms with van der Waals surface area (Å²) in [6, 6.07) is 8.83. The molecular formula is C14H11Cl2N3O3S. The number of non-ortho nitro benzene ring substituents is 1. The number of amides is 2. The number of hydrogen-bond donors (Lipinski definition) is 2. The average Bonchev–Trinajstić information content (AvgIpc) is 2.51. The number of nitro benzene ring substituents is 1. The van der Waals surface area contributed by atoms with Crippen molar-refractivity contribution >= 4 is 52.4 Å². The van der Waals surface area contributed by atoms with Crippen LogP contribution in [-0.4, -0.2) is 18.0 Å². The molecule has 0 atom stereocenters. The van der Waals surface area contributed by atoms with E-state index in [1.54, 1.807) is 24.3 Å². The topological polar surface area (TPSA) is 84.3 Å². The zero-order valence-corrected chi connectivity index (χ0v) is 14.1. The van der Waals surface area contributed by atoms with Crippen molar-refractivity contribution in [2.45, 2.75) is 9.79 Å². The number of halogens is 2. The second-order valence-corrected chi connectivity index (χ2v) is 6.22. The maximum Gasteiger partial charge on any atom is 0.318 e. The second-order valence-electron chi connectivity index (χ2n) is 4.33. The molecular weight excluding hydrogens is 361 g/mol. The molecule has 9 heteroatoms. The van der Waals surface area contributed by atoms with Crippen LogP contribution in [0, 0.1) is 10.1 Å². The molecule has 120 valence electrons. The summed E-state index contributed by atoms with van der Waals surface area (Å²) in [6.07, 6.45) is 0. The van der Waals surface area contributed by atoms with E-state index in [1.165, 1.54) is 30.9 Å². The smallest absolute Gasteiger partial charge is 0.318 e. The third-order valence-corrected chi connectivity index (χ3v) is 4.72. The van der Waals surface area contributed by atoms with E-state index in [0.717, 1.165) is 4.90 Å². The number of benzene rings is 2. The van der Waals surface area contributed by atoms with Gasteiger partial charge in [0, 0.05) is 34.7 Å². The number of nitro groups is 1. The molecule has 2 aromatic rings. The normalized spacial score (nSPS) is 10.2. The molecule has 0 saturated heterocycles. The molecule has 0 spiro atoms. The zero-order chi connectivity index (χ0) is 17.0. The molecule has 2 aromatic carbocycles. The van der Waals surface area contributed by atoms with E-state index in [0.29, 0.717) is 20.6 Å². The Morgan fingerprint density at radius 2 is 1.74 bits per heavy atom. The van der Waals surface area contributed by atoms with Gasteiger partial charge in [-0.05, 0) is 24.3 Å². The number of rotatable bonds is 4. The lowest BCUT2D eigenvalue weighted by molar-refractivity contribution is -0.384. The van der Waals surface area contributed by atoms with Crippen molar-refractivity contribution in [3.8, 4) is 0 Å². The first-order valence-corrected chi connectivity index (χ1v) is 7.88. The number of nitrogens with one attached hydrogen (secondary N) is 2. The van der Waals surface area contributed by atoms with E-state index < -0.39 is 4.92 Å². The standard InChI is InChI=1S/C14H11Cl2N3O3S/c1-17-14(20)18-8-6-11(15)13(12(16)7-8)23-10-4-2-9(3-5-10)19(21)22/h2-7H,1H3,(H2,17,18,20). The lowest BCUT2D eigenvalue weighted by atomic mass is 10.3. The molecule has 0 saturated carbocycles. The van der Waals surface area contributed by atoms with Gasteiger partial charge in [-0.25, -0.2) is 4.79 Å². The predicted octanol–water partition coefficient (Wildman–Crippen LogP) is 4.80. The van der Waals surface area contributed by atoms with E-state index in [2.05, 4.69) is 10.6 Å². The SMILES string of the molecule is CNC(=O)Nc1cc(Cl)c(Sc2ccc([N+](=O)[O-])cc2)c(Cl)c1. The molecule has 2 N–H and O–H groups in total. The van der Waals surface area contributed by atoms with Crippen LogP contribution in [0.5, 0.6) is 0 Å². The molecule has 0 radical (unpaired) electrons. The number of hydrogen-bond acceptors (Lipinski definition) is 4. The van der Waals surface area contributed by atoms with E-state index in [4.69, 9.17) is 23.2 Å². The summed E-state index contributed by atoms with van der Waals surface area (Å²) >= 11 is 13.7. The van der Waals surface area contributed by atoms with Gasteiger partial charge in [0.2, 0.25) is 0 Å². The maximum atomic E-state index is 11.3. The highest BCUT2D eigenvalue weighted by Gasteiger charge is 2.12. The minimum atomic E-state index is -0.465. The Hall–Kier alpha value is -1.96. The number of anilines is 1. The molecule has 2 amide bonds. The van der Waals surface area contributed by atoms with Crippen LogP contribution >= 0.6 is 35.0 Å². The van der Waals surface area contributed by atoms with Crippen molar-refractivity contribution < 1.29 is 9.72 Å². The highest BCUT2D eigenvalue weighted by atomic mass is 35.5. The van der Waals surface area contributed by atoms with Gasteiger partial charge in [-0.3, -0.25) is 10.1 Å². The van der Waals surface area contributed by atoms with Crippen LogP contribution in [0.2, 0.25) is 10.0 Å². The van der Waals surface area contributed by atoms with Crippen LogP contribution < -0.4 is 10.6 Å². The van der Waals surface area contributed by atoms with Crippen LogP contribution in [0.4, 0.5) is 16.2 Å². The Kier molecular flexibility index (Phi) is 5.70. The van der Waals surface area contributed by atoms with Crippen LogP contribution in [0.3, 0.4) is 0 Å². The summed E-state index contributed by atoms with van der Waals surface area (Å²) in [7, 11) is 1.50. The molecule has 0 aliphatic rings. The van der Waals surface area contributed by atoms with Gasteiger partial charge >= 0.3 is 6.03 Å². The Morgan fingerprint density at radius 1 is 1.17 bits per heavy atom. The van der Waals surface area contributed by atoms with Crippen molar-refractivity contribution in [2.24, 2.45) is 0 Å². The Bertz CT molecular complexity index is 730. The molecule has 0 fully saturated rings. The summed E-state index contributed by atoms with van der Waals surface area (Å²) in [5, 5.41) is 16.4. The van der Waals surface area contributed by atoms with Gasteiger partial charge in [-0.2, -0.15) is 0 Å². The van der Waals surface area contributed by atoms with Gasteiger partial charge in [0.05, 0.1) is 15.0 Å². The van der Waals surface area contributed by atoms with Crippen molar-refractivity contribution in [1.82, 2.24) is 5.32 Å². The van der Waals surface area contributed by atoms with E-state index in [1.807, 2.05) is 0 Å². The zero-order valence-electron chi connectivity index (χ0n) is 11.8. The summed E-state index contributed by atoms with van der Waals surface area (Å²) in [5.41, 5.74) is 0.476. The van der Waals surface area contributed by atoms with Crippen LogP contribution in [-0.2, 0) is 0 Å². The highest BCUT2D eigenvalue weighted by Crippen LogP contribution is 2.40. The Labute approximate surface area is 146 Å². The molecule has 0 aliphatic heterocycles. The molecule has 23 heavy (non-hydrogen) atoms.